The molecule has 3 rings (SSSR count). The van der Waals surface area contributed by atoms with E-state index in [4.69, 9.17) is 0 Å². The predicted octanol–water partition coefficient (Wildman–Crippen LogP) is 2.94. The molecule has 2 aromatic heterocycles. The van der Waals surface area contributed by atoms with Gasteiger partial charge in [-0.05, 0) is 36.8 Å². The number of carbonyl (C=O) groups excluding carboxylic acids is 1. The van der Waals surface area contributed by atoms with Crippen LogP contribution >= 0.6 is 11.3 Å². The maximum absolute atomic E-state index is 12.8. The number of hydrogen-bond donors (Lipinski definition) is 0. The van der Waals surface area contributed by atoms with Gasteiger partial charge in [0.25, 0.3) is 5.91 Å². The Morgan fingerprint density at radius 1 is 1.55 bits per heavy atom. The molecule has 0 bridgehead atoms. The molecule has 0 aliphatic carbocycles. The molecule has 1 aliphatic heterocycles. The van der Waals surface area contributed by atoms with E-state index >= 15 is 0 Å². The van der Waals surface area contributed by atoms with Crippen molar-refractivity contribution in [1.82, 2.24) is 14.7 Å². The smallest absolute Gasteiger partial charge is 0.257 e. The number of aryl methyl sites for hydroxylation is 1. The molecule has 0 aromatic carbocycles. The molecular weight excluding hydrogens is 270 g/mol. The molecule has 2 aromatic rings. The number of thiophene rings is 1. The van der Waals surface area contributed by atoms with Crippen LogP contribution in [0.1, 0.15) is 45.9 Å². The van der Waals surface area contributed by atoms with Crippen molar-refractivity contribution in [3.63, 3.8) is 0 Å². The maximum atomic E-state index is 12.8. The molecule has 1 aliphatic rings. The van der Waals surface area contributed by atoms with Crippen molar-refractivity contribution in [3.05, 3.63) is 39.3 Å². The van der Waals surface area contributed by atoms with Gasteiger partial charge in [0.05, 0.1) is 17.8 Å². The lowest BCUT2D eigenvalue weighted by Gasteiger charge is -2.35. The van der Waals surface area contributed by atoms with Crippen LogP contribution in [-0.4, -0.2) is 27.1 Å². The summed E-state index contributed by atoms with van der Waals surface area (Å²) >= 11 is 1.81. The van der Waals surface area contributed by atoms with Gasteiger partial charge in [-0.1, -0.05) is 6.92 Å². The third kappa shape index (κ3) is 1.97. The summed E-state index contributed by atoms with van der Waals surface area (Å²) in [7, 11) is 1.87. The number of hydrogen-bond acceptors (Lipinski definition) is 3. The fourth-order valence-electron chi connectivity index (χ4n) is 2.94. The number of rotatable bonds is 2. The first-order valence-electron chi connectivity index (χ1n) is 6.99. The van der Waals surface area contributed by atoms with Crippen LogP contribution in [0.2, 0.25) is 0 Å². The lowest BCUT2D eigenvalue weighted by atomic mass is 9.97. The number of aromatic nitrogens is 2. The molecule has 1 atom stereocenters. The minimum atomic E-state index is 0.110. The average molecular weight is 289 g/mol. The van der Waals surface area contributed by atoms with Crippen LogP contribution < -0.4 is 0 Å². The first-order chi connectivity index (χ1) is 9.63. The van der Waals surface area contributed by atoms with E-state index in [1.807, 2.05) is 18.9 Å². The van der Waals surface area contributed by atoms with Gasteiger partial charge in [0.1, 0.15) is 0 Å². The molecule has 0 spiro atoms. The quantitative estimate of drug-likeness (QED) is 0.852. The number of fused-ring (bicyclic) bond motifs is 1. The number of nitrogens with zero attached hydrogens (tertiary/aromatic N) is 3. The molecule has 0 saturated heterocycles. The van der Waals surface area contributed by atoms with Crippen LogP contribution in [0.15, 0.2) is 17.6 Å². The van der Waals surface area contributed by atoms with Gasteiger partial charge in [-0.3, -0.25) is 9.48 Å². The van der Waals surface area contributed by atoms with E-state index in [0.717, 1.165) is 30.6 Å². The van der Waals surface area contributed by atoms with Gasteiger partial charge >= 0.3 is 0 Å². The van der Waals surface area contributed by atoms with E-state index in [1.54, 1.807) is 22.2 Å². The number of amides is 1. The Hall–Kier alpha value is -1.62. The molecule has 5 heteroatoms. The minimum absolute atomic E-state index is 0.110. The van der Waals surface area contributed by atoms with Crippen molar-refractivity contribution in [2.75, 3.05) is 6.54 Å². The van der Waals surface area contributed by atoms with Crippen molar-refractivity contribution in [1.29, 1.82) is 0 Å². The van der Waals surface area contributed by atoms with Crippen molar-refractivity contribution < 1.29 is 4.79 Å². The van der Waals surface area contributed by atoms with E-state index in [1.165, 1.54) is 10.4 Å². The highest BCUT2D eigenvalue weighted by Crippen LogP contribution is 2.36. The topological polar surface area (TPSA) is 38.1 Å². The summed E-state index contributed by atoms with van der Waals surface area (Å²) in [6, 6.07) is 2.38. The Kier molecular flexibility index (Phi) is 3.38. The predicted molar refractivity (Wildman–Crippen MR) is 80.0 cm³/mol. The molecule has 20 heavy (non-hydrogen) atoms. The van der Waals surface area contributed by atoms with Crippen LogP contribution in [-0.2, 0) is 13.5 Å². The highest BCUT2D eigenvalue weighted by atomic mass is 32.1. The molecule has 106 valence electrons. The van der Waals surface area contributed by atoms with Gasteiger partial charge in [0.2, 0.25) is 0 Å². The summed E-state index contributed by atoms with van der Waals surface area (Å²) < 4.78 is 1.76. The van der Waals surface area contributed by atoms with Gasteiger partial charge < -0.3 is 4.90 Å². The van der Waals surface area contributed by atoms with Crippen molar-refractivity contribution in [3.8, 4) is 0 Å². The van der Waals surface area contributed by atoms with E-state index in [9.17, 15) is 4.79 Å². The van der Waals surface area contributed by atoms with Crippen molar-refractivity contribution >= 4 is 17.2 Å². The molecule has 0 N–H and O–H groups in total. The zero-order chi connectivity index (χ0) is 14.3. The number of carbonyl (C=O) groups is 1. The minimum Gasteiger partial charge on any atom is -0.331 e. The summed E-state index contributed by atoms with van der Waals surface area (Å²) in [6.45, 7) is 4.90. The average Bonchev–Trinajstić information content (AvgIpc) is 3.05. The normalized spacial score (nSPS) is 18.1. The van der Waals surface area contributed by atoms with E-state index in [2.05, 4.69) is 23.5 Å². The fourth-order valence-corrected chi connectivity index (χ4v) is 3.87. The summed E-state index contributed by atoms with van der Waals surface area (Å²) in [6.07, 6.45) is 3.61. The first kappa shape index (κ1) is 13.4. The second kappa shape index (κ2) is 5.05. The molecule has 0 saturated carbocycles. The molecule has 4 nitrogen and oxygen atoms in total. The van der Waals surface area contributed by atoms with Crippen molar-refractivity contribution in [2.45, 2.75) is 32.7 Å². The molecule has 0 fully saturated rings. The van der Waals surface area contributed by atoms with E-state index in [0.29, 0.717) is 0 Å². The second-order valence-corrected chi connectivity index (χ2v) is 6.24. The highest BCUT2D eigenvalue weighted by molar-refractivity contribution is 7.10. The molecule has 1 amide bonds. The first-order valence-corrected chi connectivity index (χ1v) is 7.87. The molecule has 0 radical (unpaired) electrons. The highest BCUT2D eigenvalue weighted by Gasteiger charge is 2.32. The van der Waals surface area contributed by atoms with Crippen LogP contribution in [0.5, 0.6) is 0 Å². The third-order valence-electron chi connectivity index (χ3n) is 4.21. The zero-order valence-corrected chi connectivity index (χ0v) is 12.9. The zero-order valence-electron chi connectivity index (χ0n) is 12.1. The van der Waals surface area contributed by atoms with Crippen molar-refractivity contribution in [2.24, 2.45) is 7.05 Å². The summed E-state index contributed by atoms with van der Waals surface area (Å²) in [5.41, 5.74) is 2.99. The molecule has 3 heterocycles. The summed E-state index contributed by atoms with van der Waals surface area (Å²) in [4.78, 5) is 16.3. The van der Waals surface area contributed by atoms with E-state index < -0.39 is 0 Å². The van der Waals surface area contributed by atoms with Gasteiger partial charge in [-0.2, -0.15) is 5.10 Å². The third-order valence-corrected chi connectivity index (χ3v) is 5.20. The van der Waals surface area contributed by atoms with Crippen LogP contribution in [0.4, 0.5) is 0 Å². The molecular formula is C15H19N3OS. The Labute approximate surface area is 123 Å². The largest absolute Gasteiger partial charge is 0.331 e. The fraction of sp³-hybridized carbons (Fsp3) is 0.467. The summed E-state index contributed by atoms with van der Waals surface area (Å²) in [5.74, 6) is 0.110. The second-order valence-electron chi connectivity index (χ2n) is 5.24. The monoisotopic (exact) mass is 289 g/mol. The Morgan fingerprint density at radius 2 is 2.35 bits per heavy atom. The lowest BCUT2D eigenvalue weighted by molar-refractivity contribution is 0.0656. The Balaban J connectivity index is 1.94. The molecule has 0 unspecified atom stereocenters. The van der Waals surface area contributed by atoms with Crippen LogP contribution in [0, 0.1) is 6.92 Å². The SMILES string of the molecule is CC[C@@H]1c2ccsc2CCN1C(=O)c1cnn(C)c1C. The van der Waals surface area contributed by atoms with Gasteiger partial charge in [-0.25, -0.2) is 0 Å². The van der Waals surface area contributed by atoms with Crippen LogP contribution in [0.3, 0.4) is 0 Å². The standard InChI is InChI=1S/C15H19N3OS/c1-4-13-11-6-8-20-14(11)5-7-18(13)15(19)12-9-16-17(3)10(12)2/h6,8-9,13H,4-5,7H2,1-3H3/t13-/m1/s1. The van der Waals surface area contributed by atoms with Gasteiger partial charge in [-0.15, -0.1) is 11.3 Å². The maximum Gasteiger partial charge on any atom is 0.257 e. The Bertz CT molecular complexity index is 643. The lowest BCUT2D eigenvalue weighted by Crippen LogP contribution is -2.39. The van der Waals surface area contributed by atoms with Gasteiger partial charge in [0, 0.05) is 24.2 Å². The van der Waals surface area contributed by atoms with Gasteiger partial charge in [0.15, 0.2) is 0 Å². The van der Waals surface area contributed by atoms with Crippen LogP contribution in [0.25, 0.3) is 0 Å². The Morgan fingerprint density at radius 3 is 3.00 bits per heavy atom. The van der Waals surface area contributed by atoms with E-state index in [-0.39, 0.29) is 11.9 Å². The summed E-state index contributed by atoms with van der Waals surface area (Å²) in [5, 5.41) is 6.32.